The number of hydrogen-bond donors (Lipinski definition) is 2. The third-order valence-corrected chi connectivity index (χ3v) is 4.57. The van der Waals surface area contributed by atoms with Crippen LogP contribution in [0.4, 0.5) is 0 Å². The summed E-state index contributed by atoms with van der Waals surface area (Å²) < 4.78 is 3.02. The van der Waals surface area contributed by atoms with E-state index >= 15 is 0 Å². The van der Waals surface area contributed by atoms with Crippen LogP contribution in [0, 0.1) is 5.92 Å². The fourth-order valence-electron chi connectivity index (χ4n) is 2.54. The van der Waals surface area contributed by atoms with Crippen molar-refractivity contribution in [2.45, 2.75) is 33.2 Å². The molecule has 1 aromatic heterocycles. The molecule has 6 nitrogen and oxygen atoms in total. The maximum absolute atomic E-state index is 4.61. The van der Waals surface area contributed by atoms with Crippen molar-refractivity contribution in [3.63, 3.8) is 0 Å². The number of aromatic nitrogens is 3. The van der Waals surface area contributed by atoms with E-state index in [0.29, 0.717) is 12.5 Å². The predicted molar refractivity (Wildman–Crippen MR) is 105 cm³/mol. The van der Waals surface area contributed by atoms with Crippen LogP contribution in [-0.4, -0.2) is 33.8 Å². The van der Waals surface area contributed by atoms with Gasteiger partial charge in [-0.05, 0) is 37.0 Å². The Morgan fingerprint density at radius 1 is 1.32 bits per heavy atom. The molecular formula is C18H27BrN6. The van der Waals surface area contributed by atoms with Crippen LogP contribution in [0.1, 0.15) is 31.7 Å². The van der Waals surface area contributed by atoms with Crippen molar-refractivity contribution in [1.29, 1.82) is 0 Å². The summed E-state index contributed by atoms with van der Waals surface area (Å²) in [5.74, 6) is 2.21. The lowest BCUT2D eigenvalue weighted by Crippen LogP contribution is -2.40. The van der Waals surface area contributed by atoms with Gasteiger partial charge in [0, 0.05) is 24.6 Å². The average Bonchev–Trinajstić information content (AvgIpc) is 3.01. The first kappa shape index (κ1) is 19.4. The number of hydrogen-bond acceptors (Lipinski definition) is 3. The molecule has 0 fully saturated rings. The Morgan fingerprint density at radius 3 is 2.80 bits per heavy atom. The molecule has 2 rings (SSSR count). The molecule has 0 spiro atoms. The number of nitrogens with one attached hydrogen (secondary N) is 2. The number of guanidine groups is 1. The van der Waals surface area contributed by atoms with Gasteiger partial charge in [-0.15, -0.1) is 10.2 Å². The van der Waals surface area contributed by atoms with Gasteiger partial charge in [0.15, 0.2) is 11.8 Å². The molecule has 25 heavy (non-hydrogen) atoms. The van der Waals surface area contributed by atoms with E-state index in [1.807, 2.05) is 11.6 Å². The zero-order valence-electron chi connectivity index (χ0n) is 15.2. The van der Waals surface area contributed by atoms with Crippen LogP contribution < -0.4 is 10.6 Å². The average molecular weight is 407 g/mol. The molecule has 136 valence electrons. The molecule has 0 saturated carbocycles. The van der Waals surface area contributed by atoms with Gasteiger partial charge >= 0.3 is 0 Å². The van der Waals surface area contributed by atoms with E-state index in [0.717, 1.165) is 42.2 Å². The molecule has 0 radical (unpaired) electrons. The molecule has 0 amide bonds. The second kappa shape index (κ2) is 10.2. The lowest BCUT2D eigenvalue weighted by atomic mass is 9.97. The van der Waals surface area contributed by atoms with Crippen LogP contribution >= 0.6 is 15.9 Å². The van der Waals surface area contributed by atoms with Crippen molar-refractivity contribution >= 4 is 21.9 Å². The minimum absolute atomic E-state index is 0.508. The highest BCUT2D eigenvalue weighted by atomic mass is 79.9. The van der Waals surface area contributed by atoms with E-state index < -0.39 is 0 Å². The summed E-state index contributed by atoms with van der Waals surface area (Å²) in [6.45, 7) is 6.52. The van der Waals surface area contributed by atoms with Gasteiger partial charge in [-0.25, -0.2) is 4.99 Å². The number of aryl methyl sites for hydroxylation is 1. The van der Waals surface area contributed by atoms with E-state index in [2.05, 4.69) is 79.9 Å². The maximum Gasteiger partial charge on any atom is 0.191 e. The fraction of sp³-hybridized carbons (Fsp3) is 0.500. The number of benzene rings is 1. The van der Waals surface area contributed by atoms with Crippen molar-refractivity contribution in [3.05, 3.63) is 46.5 Å². The van der Waals surface area contributed by atoms with Crippen molar-refractivity contribution in [1.82, 2.24) is 25.4 Å². The zero-order valence-corrected chi connectivity index (χ0v) is 16.8. The molecule has 1 atom stereocenters. The number of aliphatic imine (C=N–C) groups is 1. The summed E-state index contributed by atoms with van der Waals surface area (Å²) in [4.78, 5) is 4.61. The summed E-state index contributed by atoms with van der Waals surface area (Å²) in [5, 5.41) is 14.7. The highest BCUT2D eigenvalue weighted by Crippen LogP contribution is 2.16. The Morgan fingerprint density at radius 2 is 2.16 bits per heavy atom. The van der Waals surface area contributed by atoms with E-state index in [1.165, 1.54) is 5.56 Å². The summed E-state index contributed by atoms with van der Waals surface area (Å²) in [6.07, 6.45) is 3.85. The maximum atomic E-state index is 4.61. The highest BCUT2D eigenvalue weighted by Gasteiger charge is 2.09. The van der Waals surface area contributed by atoms with Crippen molar-refractivity contribution < 1.29 is 0 Å². The van der Waals surface area contributed by atoms with E-state index in [4.69, 9.17) is 0 Å². The third-order valence-electron chi connectivity index (χ3n) is 4.08. The first-order chi connectivity index (χ1) is 12.1. The van der Waals surface area contributed by atoms with Crippen LogP contribution in [-0.2, 0) is 20.0 Å². The second-order valence-electron chi connectivity index (χ2n) is 6.04. The van der Waals surface area contributed by atoms with Gasteiger partial charge < -0.3 is 15.2 Å². The first-order valence-electron chi connectivity index (χ1n) is 8.71. The minimum atomic E-state index is 0.508. The molecule has 1 heterocycles. The SMILES string of the molecule is CCNC(=NCc1nncn1C)NCC(CC)Cc1cccc(Br)c1. The standard InChI is InChI=1S/C18H27BrN6/c1-4-14(9-15-7-6-8-16(19)10-15)11-21-18(20-5-2)22-12-17-24-23-13-25(17)3/h6-8,10,13-14H,4-5,9,11-12H2,1-3H3,(H2,20,21,22). The van der Waals surface area contributed by atoms with Crippen LogP contribution in [0.15, 0.2) is 40.1 Å². The van der Waals surface area contributed by atoms with Gasteiger partial charge in [-0.1, -0.05) is 41.4 Å². The minimum Gasteiger partial charge on any atom is -0.357 e. The van der Waals surface area contributed by atoms with Crippen LogP contribution in [0.3, 0.4) is 0 Å². The normalized spacial score (nSPS) is 12.9. The third kappa shape index (κ3) is 6.49. The van der Waals surface area contributed by atoms with Crippen LogP contribution in [0.5, 0.6) is 0 Å². The Balaban J connectivity index is 1.92. The van der Waals surface area contributed by atoms with Gasteiger partial charge in [0.1, 0.15) is 12.9 Å². The van der Waals surface area contributed by atoms with E-state index in [-0.39, 0.29) is 0 Å². The molecule has 0 bridgehead atoms. The fourth-order valence-corrected chi connectivity index (χ4v) is 2.99. The van der Waals surface area contributed by atoms with Crippen molar-refractivity contribution in [2.75, 3.05) is 13.1 Å². The summed E-state index contributed by atoms with van der Waals surface area (Å²) in [6, 6.07) is 8.52. The molecule has 0 aliphatic heterocycles. The molecule has 0 saturated heterocycles. The van der Waals surface area contributed by atoms with Crippen LogP contribution in [0.25, 0.3) is 0 Å². The van der Waals surface area contributed by atoms with Crippen molar-refractivity contribution in [3.8, 4) is 0 Å². The van der Waals surface area contributed by atoms with Gasteiger partial charge in [-0.2, -0.15) is 0 Å². The Kier molecular flexibility index (Phi) is 7.91. The Bertz CT molecular complexity index is 682. The largest absolute Gasteiger partial charge is 0.357 e. The van der Waals surface area contributed by atoms with Gasteiger partial charge in [0.05, 0.1) is 0 Å². The highest BCUT2D eigenvalue weighted by molar-refractivity contribution is 9.10. The molecule has 0 aliphatic rings. The molecule has 7 heteroatoms. The van der Waals surface area contributed by atoms with Gasteiger partial charge in [0.2, 0.25) is 0 Å². The lowest BCUT2D eigenvalue weighted by molar-refractivity contribution is 0.493. The molecule has 1 unspecified atom stereocenters. The number of nitrogens with zero attached hydrogens (tertiary/aromatic N) is 4. The van der Waals surface area contributed by atoms with Gasteiger partial charge in [-0.3, -0.25) is 0 Å². The molecular weight excluding hydrogens is 380 g/mol. The summed E-state index contributed by atoms with van der Waals surface area (Å²) in [7, 11) is 1.93. The second-order valence-corrected chi connectivity index (χ2v) is 6.96. The lowest BCUT2D eigenvalue weighted by Gasteiger charge is -2.18. The number of rotatable bonds is 8. The van der Waals surface area contributed by atoms with Crippen LogP contribution in [0.2, 0.25) is 0 Å². The monoisotopic (exact) mass is 406 g/mol. The Labute approximate surface area is 158 Å². The zero-order chi connectivity index (χ0) is 18.1. The molecule has 2 aromatic rings. The smallest absolute Gasteiger partial charge is 0.191 e. The predicted octanol–water partition coefficient (Wildman–Crippen LogP) is 2.90. The summed E-state index contributed by atoms with van der Waals surface area (Å²) in [5.41, 5.74) is 1.35. The van der Waals surface area contributed by atoms with E-state index in [1.54, 1.807) is 6.33 Å². The summed E-state index contributed by atoms with van der Waals surface area (Å²) >= 11 is 3.54. The topological polar surface area (TPSA) is 67.1 Å². The molecule has 2 N–H and O–H groups in total. The van der Waals surface area contributed by atoms with Gasteiger partial charge in [0.25, 0.3) is 0 Å². The first-order valence-corrected chi connectivity index (χ1v) is 9.51. The quantitative estimate of drug-likeness (QED) is 0.522. The van der Waals surface area contributed by atoms with Crippen molar-refractivity contribution in [2.24, 2.45) is 18.0 Å². The molecule has 1 aromatic carbocycles. The number of halogens is 1. The van der Waals surface area contributed by atoms with E-state index in [9.17, 15) is 0 Å². The molecule has 0 aliphatic carbocycles. The Hall–Kier alpha value is -1.89.